The summed E-state index contributed by atoms with van der Waals surface area (Å²) in [6, 6.07) is 6.18. The number of nitrogens with two attached hydrogens (primary N) is 1. The fourth-order valence-corrected chi connectivity index (χ4v) is 2.21. The van der Waals surface area contributed by atoms with E-state index in [0.29, 0.717) is 13.1 Å². The predicted molar refractivity (Wildman–Crippen MR) is 69.3 cm³/mol. The number of hydrogen-bond acceptors (Lipinski definition) is 2. The Balaban J connectivity index is 2.50. The van der Waals surface area contributed by atoms with Crippen molar-refractivity contribution in [2.75, 3.05) is 13.1 Å². The van der Waals surface area contributed by atoms with Crippen LogP contribution in [0, 0.1) is 0 Å². The molecule has 3 nitrogen and oxygen atoms in total. The molecule has 0 fully saturated rings. The Bertz CT molecular complexity index is 446. The van der Waals surface area contributed by atoms with Crippen molar-refractivity contribution in [2.24, 2.45) is 5.73 Å². The molecular weight excluding hydrogens is 212 g/mol. The minimum absolute atomic E-state index is 0.0239. The van der Waals surface area contributed by atoms with E-state index >= 15 is 0 Å². The highest BCUT2D eigenvalue weighted by Gasteiger charge is 2.26. The van der Waals surface area contributed by atoms with Gasteiger partial charge < -0.3 is 11.1 Å². The van der Waals surface area contributed by atoms with Crippen molar-refractivity contribution < 1.29 is 4.79 Å². The van der Waals surface area contributed by atoms with Crippen molar-refractivity contribution in [3.63, 3.8) is 0 Å². The fourth-order valence-electron chi connectivity index (χ4n) is 2.21. The summed E-state index contributed by atoms with van der Waals surface area (Å²) >= 11 is 0. The second-order valence-corrected chi connectivity index (χ2v) is 5.69. The first-order chi connectivity index (χ1) is 7.93. The predicted octanol–water partition coefficient (Wildman–Crippen LogP) is 1.77. The van der Waals surface area contributed by atoms with Crippen LogP contribution in [0.3, 0.4) is 0 Å². The molecule has 1 aliphatic heterocycles. The van der Waals surface area contributed by atoms with Crippen molar-refractivity contribution in [3.05, 3.63) is 34.9 Å². The number of rotatable bonds is 1. The molecule has 0 spiro atoms. The molecule has 1 amide bonds. The molecule has 1 aromatic carbocycles. The first kappa shape index (κ1) is 12.1. The maximum atomic E-state index is 11.9. The number of fused-ring (bicyclic) bond motifs is 1. The summed E-state index contributed by atoms with van der Waals surface area (Å²) in [5.41, 5.74) is 8.86. The van der Waals surface area contributed by atoms with E-state index in [4.69, 9.17) is 5.73 Å². The lowest BCUT2D eigenvalue weighted by molar-refractivity contribution is 0.0940. The molecule has 0 aromatic heterocycles. The largest absolute Gasteiger partial charge is 0.351 e. The second kappa shape index (κ2) is 4.15. The van der Waals surface area contributed by atoms with Gasteiger partial charge in [0.1, 0.15) is 0 Å². The van der Waals surface area contributed by atoms with Gasteiger partial charge in [-0.15, -0.1) is 0 Å². The molecule has 1 aliphatic rings. The number of nitrogens with one attached hydrogen (secondary N) is 1. The minimum atomic E-state index is 0.0239. The summed E-state index contributed by atoms with van der Waals surface area (Å²) < 4.78 is 0. The number of carbonyl (C=O) groups excluding carboxylic acids is 1. The van der Waals surface area contributed by atoms with E-state index in [0.717, 1.165) is 11.1 Å². The van der Waals surface area contributed by atoms with Crippen LogP contribution in [-0.2, 0) is 5.41 Å². The maximum Gasteiger partial charge on any atom is 0.251 e. The van der Waals surface area contributed by atoms with Gasteiger partial charge in [0, 0.05) is 24.6 Å². The second-order valence-electron chi connectivity index (χ2n) is 5.69. The van der Waals surface area contributed by atoms with E-state index in [2.05, 4.69) is 38.2 Å². The zero-order valence-electron chi connectivity index (χ0n) is 10.7. The van der Waals surface area contributed by atoms with Crippen LogP contribution in [0.1, 0.15) is 48.2 Å². The van der Waals surface area contributed by atoms with E-state index in [1.165, 1.54) is 5.56 Å². The highest BCUT2D eigenvalue weighted by Crippen LogP contribution is 2.29. The third-order valence-corrected chi connectivity index (χ3v) is 3.40. The summed E-state index contributed by atoms with van der Waals surface area (Å²) in [5, 5.41) is 2.90. The van der Waals surface area contributed by atoms with Gasteiger partial charge in [-0.3, -0.25) is 4.79 Å². The van der Waals surface area contributed by atoms with Gasteiger partial charge in [-0.2, -0.15) is 0 Å². The standard InChI is InChI=1S/C14H20N2O/c1-14(2,3)10-4-5-11-9(7-15)8-16-13(17)12(11)6-10/h4-6,9H,7-8,15H2,1-3H3,(H,16,17). The van der Waals surface area contributed by atoms with Gasteiger partial charge in [0.05, 0.1) is 0 Å². The average Bonchev–Trinajstić information content (AvgIpc) is 2.28. The van der Waals surface area contributed by atoms with Gasteiger partial charge in [0.25, 0.3) is 5.91 Å². The van der Waals surface area contributed by atoms with E-state index < -0.39 is 0 Å². The molecule has 1 atom stereocenters. The molecule has 1 unspecified atom stereocenters. The molecule has 0 aliphatic carbocycles. The Hall–Kier alpha value is -1.35. The maximum absolute atomic E-state index is 11.9. The molecule has 2 rings (SSSR count). The van der Waals surface area contributed by atoms with Crippen LogP contribution in [0.4, 0.5) is 0 Å². The monoisotopic (exact) mass is 232 g/mol. The van der Waals surface area contributed by atoms with Gasteiger partial charge in [0.15, 0.2) is 0 Å². The van der Waals surface area contributed by atoms with Gasteiger partial charge in [-0.05, 0) is 22.6 Å². The lowest BCUT2D eigenvalue weighted by Crippen LogP contribution is -2.38. The number of benzene rings is 1. The molecule has 17 heavy (non-hydrogen) atoms. The quantitative estimate of drug-likeness (QED) is 0.775. The normalized spacial score (nSPS) is 19.8. The van der Waals surface area contributed by atoms with Crippen LogP contribution in [0.5, 0.6) is 0 Å². The topological polar surface area (TPSA) is 55.1 Å². The van der Waals surface area contributed by atoms with Crippen molar-refractivity contribution in [1.82, 2.24) is 5.32 Å². The van der Waals surface area contributed by atoms with Gasteiger partial charge in [-0.25, -0.2) is 0 Å². The number of amides is 1. The van der Waals surface area contributed by atoms with Crippen molar-refractivity contribution in [3.8, 4) is 0 Å². The lowest BCUT2D eigenvalue weighted by Gasteiger charge is -2.27. The Kier molecular flexibility index (Phi) is 2.96. The molecule has 3 N–H and O–H groups in total. The van der Waals surface area contributed by atoms with E-state index in [1.54, 1.807) is 0 Å². The first-order valence-electron chi connectivity index (χ1n) is 6.06. The highest BCUT2D eigenvalue weighted by atomic mass is 16.1. The molecule has 0 saturated heterocycles. The molecule has 92 valence electrons. The summed E-state index contributed by atoms with van der Waals surface area (Å²) in [4.78, 5) is 11.9. The van der Waals surface area contributed by atoms with Crippen molar-refractivity contribution in [2.45, 2.75) is 32.1 Å². The average molecular weight is 232 g/mol. The summed E-state index contributed by atoms with van der Waals surface area (Å²) in [6.45, 7) is 7.67. The zero-order valence-corrected chi connectivity index (χ0v) is 10.7. The Labute approximate surface area is 102 Å². The van der Waals surface area contributed by atoms with Crippen LogP contribution in [0.2, 0.25) is 0 Å². The first-order valence-corrected chi connectivity index (χ1v) is 6.06. The highest BCUT2D eigenvalue weighted by molar-refractivity contribution is 5.97. The van der Waals surface area contributed by atoms with E-state index in [-0.39, 0.29) is 17.2 Å². The lowest BCUT2D eigenvalue weighted by atomic mass is 9.82. The third kappa shape index (κ3) is 2.20. The van der Waals surface area contributed by atoms with Crippen LogP contribution < -0.4 is 11.1 Å². The van der Waals surface area contributed by atoms with Gasteiger partial charge in [-0.1, -0.05) is 32.9 Å². The third-order valence-electron chi connectivity index (χ3n) is 3.40. The molecule has 0 radical (unpaired) electrons. The number of carbonyl (C=O) groups is 1. The molecular formula is C14H20N2O. The molecule has 3 heteroatoms. The molecule has 1 aromatic rings. The number of hydrogen-bond donors (Lipinski definition) is 2. The smallest absolute Gasteiger partial charge is 0.251 e. The summed E-state index contributed by atoms with van der Waals surface area (Å²) in [5.74, 6) is 0.271. The molecule has 0 saturated carbocycles. The van der Waals surface area contributed by atoms with Gasteiger partial charge in [0.2, 0.25) is 0 Å². The zero-order chi connectivity index (χ0) is 12.6. The van der Waals surface area contributed by atoms with E-state index in [9.17, 15) is 4.79 Å². The Morgan fingerprint density at radius 2 is 2.12 bits per heavy atom. The molecule has 0 bridgehead atoms. The van der Waals surface area contributed by atoms with E-state index in [1.807, 2.05) is 6.07 Å². The van der Waals surface area contributed by atoms with Crippen molar-refractivity contribution in [1.29, 1.82) is 0 Å². The Morgan fingerprint density at radius 3 is 2.71 bits per heavy atom. The molecule has 1 heterocycles. The Morgan fingerprint density at radius 1 is 1.41 bits per heavy atom. The van der Waals surface area contributed by atoms with Crippen LogP contribution in [-0.4, -0.2) is 19.0 Å². The van der Waals surface area contributed by atoms with Crippen LogP contribution in [0.25, 0.3) is 0 Å². The van der Waals surface area contributed by atoms with Gasteiger partial charge >= 0.3 is 0 Å². The SMILES string of the molecule is CC(C)(C)c1ccc2c(c1)C(=O)NCC2CN. The van der Waals surface area contributed by atoms with Crippen LogP contribution in [0.15, 0.2) is 18.2 Å². The summed E-state index contributed by atoms with van der Waals surface area (Å²) in [7, 11) is 0. The fraction of sp³-hybridized carbons (Fsp3) is 0.500. The van der Waals surface area contributed by atoms with Crippen LogP contribution >= 0.6 is 0 Å². The summed E-state index contributed by atoms with van der Waals surface area (Å²) in [6.07, 6.45) is 0. The minimum Gasteiger partial charge on any atom is -0.351 e. The van der Waals surface area contributed by atoms with Crippen molar-refractivity contribution >= 4 is 5.91 Å².